The summed E-state index contributed by atoms with van der Waals surface area (Å²) in [6, 6.07) is 6.53. The number of aromatic nitrogens is 2. The number of amides is 1. The Morgan fingerprint density at radius 2 is 1.88 bits per heavy atom. The highest BCUT2D eigenvalue weighted by Crippen LogP contribution is 2.27. The Labute approximate surface area is 189 Å². The normalized spacial score (nSPS) is 11.0. The van der Waals surface area contributed by atoms with E-state index in [-0.39, 0.29) is 36.3 Å². The molecule has 0 spiro atoms. The van der Waals surface area contributed by atoms with Crippen LogP contribution < -0.4 is 10.9 Å². The zero-order chi connectivity index (χ0) is 23.4. The predicted molar refractivity (Wildman–Crippen MR) is 123 cm³/mol. The van der Waals surface area contributed by atoms with Crippen molar-refractivity contribution in [2.45, 2.75) is 40.7 Å². The van der Waals surface area contributed by atoms with Crippen molar-refractivity contribution in [3.05, 3.63) is 57.0 Å². The van der Waals surface area contributed by atoms with Crippen LogP contribution >= 0.6 is 11.3 Å². The van der Waals surface area contributed by atoms with Gasteiger partial charge in [-0.2, -0.15) is 0 Å². The van der Waals surface area contributed by atoms with Crippen LogP contribution in [-0.4, -0.2) is 33.8 Å². The number of carbonyl (C=O) groups is 3. The van der Waals surface area contributed by atoms with Gasteiger partial charge in [0, 0.05) is 17.7 Å². The molecular formula is C23H25N3O5S. The van der Waals surface area contributed by atoms with Gasteiger partial charge in [0.1, 0.15) is 9.71 Å². The molecule has 2 aromatic heterocycles. The summed E-state index contributed by atoms with van der Waals surface area (Å²) in [7, 11) is 0. The van der Waals surface area contributed by atoms with Gasteiger partial charge in [0.25, 0.3) is 5.56 Å². The van der Waals surface area contributed by atoms with Crippen molar-refractivity contribution in [3.8, 4) is 0 Å². The quantitative estimate of drug-likeness (QED) is 0.409. The Morgan fingerprint density at radius 3 is 2.50 bits per heavy atom. The maximum atomic E-state index is 13.0. The monoisotopic (exact) mass is 455 g/mol. The number of hydrogen-bond acceptors (Lipinski definition) is 7. The molecule has 0 unspecified atom stereocenters. The summed E-state index contributed by atoms with van der Waals surface area (Å²) < 4.78 is 6.27. The van der Waals surface area contributed by atoms with E-state index in [9.17, 15) is 19.2 Å². The lowest BCUT2D eigenvalue weighted by Crippen LogP contribution is -2.24. The lowest BCUT2D eigenvalue weighted by molar-refractivity contribution is -0.116. The van der Waals surface area contributed by atoms with Gasteiger partial charge in [0.05, 0.1) is 24.9 Å². The molecule has 32 heavy (non-hydrogen) atoms. The van der Waals surface area contributed by atoms with E-state index in [1.165, 1.54) is 10.9 Å². The molecule has 1 amide bonds. The molecule has 1 N–H and O–H groups in total. The molecule has 0 bridgehead atoms. The highest BCUT2D eigenvalue weighted by atomic mass is 32.1. The van der Waals surface area contributed by atoms with Crippen molar-refractivity contribution >= 4 is 44.9 Å². The molecule has 1 aromatic carbocycles. The van der Waals surface area contributed by atoms with Crippen LogP contribution in [0.15, 0.2) is 35.4 Å². The van der Waals surface area contributed by atoms with E-state index in [0.717, 1.165) is 11.3 Å². The summed E-state index contributed by atoms with van der Waals surface area (Å²) in [6.45, 7) is 7.36. The predicted octanol–water partition coefficient (Wildman–Crippen LogP) is 3.81. The first-order valence-corrected chi connectivity index (χ1v) is 11.1. The summed E-state index contributed by atoms with van der Waals surface area (Å²) >= 11 is 1.10. The van der Waals surface area contributed by atoms with Crippen LogP contribution in [0.5, 0.6) is 0 Å². The highest BCUT2D eigenvalue weighted by Gasteiger charge is 2.21. The van der Waals surface area contributed by atoms with E-state index in [1.54, 1.807) is 38.1 Å². The number of nitrogens with one attached hydrogen (secondary N) is 1. The molecule has 2 heterocycles. The Morgan fingerprint density at radius 1 is 1.19 bits per heavy atom. The minimum Gasteiger partial charge on any atom is -0.462 e. The standard InChI is InChI=1S/C23H25N3O5S/c1-5-31-23(30)20-14(4)19-21(32-20)24-12-26(22(19)29)11-17(27)15-6-8-16(9-7-15)25-18(28)10-13(2)3/h6-9,12-13H,5,10-11H2,1-4H3,(H,25,28). The number of hydrogen-bond donors (Lipinski definition) is 1. The maximum Gasteiger partial charge on any atom is 0.348 e. The number of anilines is 1. The van der Waals surface area contributed by atoms with E-state index in [2.05, 4.69) is 10.3 Å². The molecule has 0 fully saturated rings. The van der Waals surface area contributed by atoms with Gasteiger partial charge in [-0.15, -0.1) is 11.3 Å². The number of carbonyl (C=O) groups excluding carboxylic acids is 3. The largest absolute Gasteiger partial charge is 0.462 e. The SMILES string of the molecule is CCOC(=O)c1sc2ncn(CC(=O)c3ccc(NC(=O)CC(C)C)cc3)c(=O)c2c1C. The van der Waals surface area contributed by atoms with Gasteiger partial charge in [-0.25, -0.2) is 9.78 Å². The average molecular weight is 456 g/mol. The lowest BCUT2D eigenvalue weighted by atomic mass is 10.1. The zero-order valence-electron chi connectivity index (χ0n) is 18.4. The first kappa shape index (κ1) is 23.3. The molecule has 168 valence electrons. The van der Waals surface area contributed by atoms with Crippen molar-refractivity contribution in [2.24, 2.45) is 5.92 Å². The lowest BCUT2D eigenvalue weighted by Gasteiger charge is -2.08. The summed E-state index contributed by atoms with van der Waals surface area (Å²) in [5.74, 6) is -0.596. The number of esters is 1. The van der Waals surface area contributed by atoms with Crippen LogP contribution in [0.3, 0.4) is 0 Å². The van der Waals surface area contributed by atoms with Gasteiger partial charge < -0.3 is 10.1 Å². The fraction of sp³-hybridized carbons (Fsp3) is 0.348. The average Bonchev–Trinajstić information content (AvgIpc) is 3.07. The third kappa shape index (κ3) is 5.11. The van der Waals surface area contributed by atoms with E-state index < -0.39 is 5.97 Å². The second-order valence-electron chi connectivity index (χ2n) is 7.78. The molecule has 0 saturated heterocycles. The van der Waals surface area contributed by atoms with E-state index in [4.69, 9.17) is 4.74 Å². The fourth-order valence-electron chi connectivity index (χ4n) is 3.23. The van der Waals surface area contributed by atoms with E-state index >= 15 is 0 Å². The van der Waals surface area contributed by atoms with Crippen molar-refractivity contribution in [3.63, 3.8) is 0 Å². The number of Topliss-reactive ketones (excluding diaryl/α,β-unsaturated/α-hetero) is 1. The Kier molecular flexibility index (Phi) is 7.19. The topological polar surface area (TPSA) is 107 Å². The summed E-state index contributed by atoms with van der Waals surface area (Å²) in [6.07, 6.45) is 1.73. The second-order valence-corrected chi connectivity index (χ2v) is 8.78. The Hall–Kier alpha value is -3.33. The Balaban J connectivity index is 1.79. The van der Waals surface area contributed by atoms with Gasteiger partial charge in [0.2, 0.25) is 5.91 Å². The number of nitrogens with zero attached hydrogens (tertiary/aromatic N) is 2. The van der Waals surface area contributed by atoms with Crippen LogP contribution in [0, 0.1) is 12.8 Å². The molecule has 0 aliphatic carbocycles. The van der Waals surface area contributed by atoms with Crippen molar-refractivity contribution in [1.29, 1.82) is 0 Å². The number of benzene rings is 1. The van der Waals surface area contributed by atoms with Crippen molar-refractivity contribution < 1.29 is 19.1 Å². The van der Waals surface area contributed by atoms with E-state index in [0.29, 0.717) is 38.3 Å². The van der Waals surface area contributed by atoms with Gasteiger partial charge in [0.15, 0.2) is 5.78 Å². The van der Waals surface area contributed by atoms with Gasteiger partial charge >= 0.3 is 5.97 Å². The molecule has 0 aliphatic heterocycles. The maximum absolute atomic E-state index is 13.0. The number of thiophene rings is 1. The molecule has 0 saturated carbocycles. The molecule has 0 radical (unpaired) electrons. The van der Waals surface area contributed by atoms with Crippen molar-refractivity contribution in [2.75, 3.05) is 11.9 Å². The molecule has 0 aliphatic rings. The molecule has 3 rings (SSSR count). The van der Waals surface area contributed by atoms with Crippen LogP contribution in [0.25, 0.3) is 10.2 Å². The molecule has 8 nitrogen and oxygen atoms in total. The minimum atomic E-state index is -0.490. The number of rotatable bonds is 8. The number of aryl methyl sites for hydroxylation is 1. The van der Waals surface area contributed by atoms with Gasteiger partial charge in [-0.05, 0) is 49.6 Å². The molecule has 3 aromatic rings. The number of ketones is 1. The van der Waals surface area contributed by atoms with Crippen LogP contribution in [0.1, 0.15) is 52.8 Å². The molecule has 0 atom stereocenters. The molecule has 9 heteroatoms. The van der Waals surface area contributed by atoms with Crippen molar-refractivity contribution in [1.82, 2.24) is 9.55 Å². The zero-order valence-corrected chi connectivity index (χ0v) is 19.2. The summed E-state index contributed by atoms with van der Waals surface area (Å²) in [5.41, 5.74) is 1.13. The highest BCUT2D eigenvalue weighted by molar-refractivity contribution is 7.20. The first-order chi connectivity index (χ1) is 15.2. The minimum absolute atomic E-state index is 0.0849. The van der Waals surface area contributed by atoms with Gasteiger partial charge in [-0.3, -0.25) is 19.0 Å². The third-order valence-corrected chi connectivity index (χ3v) is 5.96. The Bertz CT molecular complexity index is 1220. The second kappa shape index (κ2) is 9.86. The fourth-order valence-corrected chi connectivity index (χ4v) is 4.26. The van der Waals surface area contributed by atoms with E-state index in [1.807, 2.05) is 13.8 Å². The summed E-state index contributed by atoms with van der Waals surface area (Å²) in [4.78, 5) is 54.7. The van der Waals surface area contributed by atoms with Crippen LogP contribution in [0.2, 0.25) is 0 Å². The van der Waals surface area contributed by atoms with Gasteiger partial charge in [-0.1, -0.05) is 13.8 Å². The smallest absolute Gasteiger partial charge is 0.348 e. The third-order valence-electron chi connectivity index (χ3n) is 4.78. The first-order valence-electron chi connectivity index (χ1n) is 10.3. The van der Waals surface area contributed by atoms with Crippen LogP contribution in [-0.2, 0) is 16.1 Å². The number of ether oxygens (including phenoxy) is 1. The molecular weight excluding hydrogens is 430 g/mol. The number of fused-ring (bicyclic) bond motifs is 1. The summed E-state index contributed by atoms with van der Waals surface area (Å²) in [5, 5.41) is 3.11. The van der Waals surface area contributed by atoms with Crippen LogP contribution in [0.4, 0.5) is 5.69 Å².